The molecule has 3 aromatic rings. The highest BCUT2D eigenvalue weighted by Gasteiger charge is 2.22. The first-order valence-corrected chi connectivity index (χ1v) is 10.5. The molecule has 5 heteroatoms. The third kappa shape index (κ3) is 3.92. The lowest BCUT2D eigenvalue weighted by Gasteiger charge is -2.23. The van der Waals surface area contributed by atoms with Gasteiger partial charge in [-0.15, -0.1) is 11.3 Å². The first-order chi connectivity index (χ1) is 13.2. The van der Waals surface area contributed by atoms with Crippen LogP contribution in [0.2, 0.25) is 5.02 Å². The Morgan fingerprint density at radius 2 is 1.70 bits per heavy atom. The van der Waals surface area contributed by atoms with Crippen molar-refractivity contribution in [3.63, 3.8) is 0 Å². The van der Waals surface area contributed by atoms with Crippen LogP contribution in [0.4, 0.5) is 0 Å². The summed E-state index contributed by atoms with van der Waals surface area (Å²) in [6.07, 6.45) is 5.95. The number of halogens is 1. The number of nitrogens with one attached hydrogen (secondary N) is 1. The third-order valence-corrected chi connectivity index (χ3v) is 6.75. The number of benzene rings is 2. The highest BCUT2D eigenvalue weighted by molar-refractivity contribution is 7.21. The molecule has 0 radical (unpaired) electrons. The fourth-order valence-corrected chi connectivity index (χ4v) is 5.11. The predicted octanol–water partition coefficient (Wildman–Crippen LogP) is 6.27. The molecule has 1 aromatic heterocycles. The summed E-state index contributed by atoms with van der Waals surface area (Å²) in [7, 11) is 0. The SMILES string of the molecule is O=C(N/N=C(/c1ccccc1)C1CCCCC1)c1sc2ccccc2c1Cl. The molecule has 1 N–H and O–H groups in total. The smallest absolute Gasteiger partial charge is 0.266 e. The molecule has 1 heterocycles. The third-order valence-electron chi connectivity index (χ3n) is 5.08. The lowest BCUT2D eigenvalue weighted by Crippen LogP contribution is -2.25. The Morgan fingerprint density at radius 1 is 1.00 bits per heavy atom. The zero-order valence-electron chi connectivity index (χ0n) is 15.0. The summed E-state index contributed by atoms with van der Waals surface area (Å²) in [5, 5.41) is 5.98. The van der Waals surface area contributed by atoms with Crippen molar-refractivity contribution >= 4 is 44.6 Å². The number of amides is 1. The molecule has 0 unspecified atom stereocenters. The summed E-state index contributed by atoms with van der Waals surface area (Å²) in [5.41, 5.74) is 4.82. The van der Waals surface area contributed by atoms with Crippen LogP contribution in [0.15, 0.2) is 59.7 Å². The molecule has 1 saturated carbocycles. The standard InChI is InChI=1S/C22H21ClN2OS/c23-19-17-13-7-8-14-18(17)27-21(19)22(26)25-24-20(15-9-3-1-4-10-15)16-11-5-2-6-12-16/h1,3-4,7-10,13-14,16H,2,5-6,11-12H2,(H,25,26)/b24-20-. The maximum Gasteiger partial charge on any atom is 0.283 e. The fraction of sp³-hybridized carbons (Fsp3) is 0.273. The number of rotatable bonds is 4. The lowest BCUT2D eigenvalue weighted by atomic mass is 9.83. The number of nitrogens with zero attached hydrogens (tertiary/aromatic N) is 1. The predicted molar refractivity (Wildman–Crippen MR) is 114 cm³/mol. The summed E-state index contributed by atoms with van der Waals surface area (Å²) in [6.45, 7) is 0. The van der Waals surface area contributed by atoms with Crippen molar-refractivity contribution in [1.82, 2.24) is 5.43 Å². The van der Waals surface area contributed by atoms with Gasteiger partial charge < -0.3 is 0 Å². The molecule has 1 aliphatic carbocycles. The van der Waals surface area contributed by atoms with E-state index in [2.05, 4.69) is 22.7 Å². The molecule has 1 aliphatic rings. The van der Waals surface area contributed by atoms with E-state index in [1.807, 2.05) is 42.5 Å². The quantitative estimate of drug-likeness (QED) is 0.409. The number of hydrazone groups is 1. The maximum atomic E-state index is 12.8. The molecule has 0 saturated heterocycles. The van der Waals surface area contributed by atoms with E-state index in [-0.39, 0.29) is 5.91 Å². The van der Waals surface area contributed by atoms with E-state index in [0.29, 0.717) is 15.8 Å². The Balaban J connectivity index is 1.62. The molecule has 0 aliphatic heterocycles. The minimum Gasteiger partial charge on any atom is -0.266 e. The van der Waals surface area contributed by atoms with Crippen LogP contribution in [0.3, 0.4) is 0 Å². The summed E-state index contributed by atoms with van der Waals surface area (Å²) >= 11 is 7.84. The number of carbonyl (C=O) groups is 1. The Kier molecular flexibility index (Phi) is 5.55. The van der Waals surface area contributed by atoms with Gasteiger partial charge >= 0.3 is 0 Å². The number of hydrogen-bond donors (Lipinski definition) is 1. The number of fused-ring (bicyclic) bond motifs is 1. The summed E-state index contributed by atoms with van der Waals surface area (Å²) < 4.78 is 1.01. The van der Waals surface area contributed by atoms with Gasteiger partial charge in [-0.25, -0.2) is 5.43 Å². The molecule has 4 rings (SSSR count). The Bertz CT molecular complexity index is 974. The molecule has 27 heavy (non-hydrogen) atoms. The van der Waals surface area contributed by atoms with Gasteiger partial charge in [0.25, 0.3) is 5.91 Å². The van der Waals surface area contributed by atoms with Crippen molar-refractivity contribution in [3.8, 4) is 0 Å². The molecule has 0 spiro atoms. The second kappa shape index (κ2) is 8.24. The zero-order valence-corrected chi connectivity index (χ0v) is 16.5. The van der Waals surface area contributed by atoms with E-state index < -0.39 is 0 Å². The van der Waals surface area contributed by atoms with Crippen LogP contribution >= 0.6 is 22.9 Å². The minimum atomic E-state index is -0.245. The Labute approximate surface area is 168 Å². The van der Waals surface area contributed by atoms with E-state index in [9.17, 15) is 4.79 Å². The second-order valence-electron chi connectivity index (χ2n) is 6.88. The van der Waals surface area contributed by atoms with Gasteiger partial charge in [0.2, 0.25) is 0 Å². The van der Waals surface area contributed by atoms with Gasteiger partial charge in [-0.3, -0.25) is 4.79 Å². The van der Waals surface area contributed by atoms with E-state index in [1.54, 1.807) is 0 Å². The molecular formula is C22H21ClN2OS. The Hall–Kier alpha value is -2.17. The molecule has 1 fully saturated rings. The van der Waals surface area contributed by atoms with Crippen LogP contribution in [0, 0.1) is 5.92 Å². The van der Waals surface area contributed by atoms with E-state index in [1.165, 1.54) is 30.6 Å². The first kappa shape index (κ1) is 18.2. The average molecular weight is 397 g/mol. The van der Waals surface area contributed by atoms with Gasteiger partial charge in [-0.05, 0) is 24.5 Å². The van der Waals surface area contributed by atoms with Crippen molar-refractivity contribution in [2.75, 3.05) is 0 Å². The topological polar surface area (TPSA) is 41.5 Å². The lowest BCUT2D eigenvalue weighted by molar-refractivity contribution is 0.0959. The molecule has 0 bridgehead atoms. The largest absolute Gasteiger partial charge is 0.283 e. The first-order valence-electron chi connectivity index (χ1n) is 9.34. The number of carbonyl (C=O) groups excluding carboxylic acids is 1. The molecule has 0 atom stereocenters. The van der Waals surface area contributed by atoms with E-state index in [4.69, 9.17) is 11.6 Å². The van der Waals surface area contributed by atoms with Crippen LogP contribution in [-0.4, -0.2) is 11.6 Å². The van der Waals surface area contributed by atoms with E-state index >= 15 is 0 Å². The highest BCUT2D eigenvalue weighted by Crippen LogP contribution is 2.35. The van der Waals surface area contributed by atoms with Crippen LogP contribution in [0.25, 0.3) is 10.1 Å². The van der Waals surface area contributed by atoms with Gasteiger partial charge in [0, 0.05) is 16.0 Å². The van der Waals surface area contributed by atoms with Crippen molar-refractivity contribution in [2.45, 2.75) is 32.1 Å². The van der Waals surface area contributed by atoms with Crippen molar-refractivity contribution in [3.05, 3.63) is 70.1 Å². The fourth-order valence-electron chi connectivity index (χ4n) is 3.70. The van der Waals surface area contributed by atoms with Crippen molar-refractivity contribution in [1.29, 1.82) is 0 Å². The van der Waals surface area contributed by atoms with Gasteiger partial charge in [-0.2, -0.15) is 5.10 Å². The highest BCUT2D eigenvalue weighted by atomic mass is 35.5. The summed E-state index contributed by atoms with van der Waals surface area (Å²) in [6, 6.07) is 17.9. The van der Waals surface area contributed by atoms with Crippen LogP contribution in [0.5, 0.6) is 0 Å². The molecule has 2 aromatic carbocycles. The van der Waals surface area contributed by atoms with Crippen LogP contribution in [-0.2, 0) is 0 Å². The van der Waals surface area contributed by atoms with Crippen LogP contribution in [0.1, 0.15) is 47.3 Å². The van der Waals surface area contributed by atoms with Crippen LogP contribution < -0.4 is 5.43 Å². The molecular weight excluding hydrogens is 376 g/mol. The maximum absolute atomic E-state index is 12.8. The van der Waals surface area contributed by atoms with Gasteiger partial charge in [0.15, 0.2) is 0 Å². The molecule has 138 valence electrons. The summed E-state index contributed by atoms with van der Waals surface area (Å²) in [4.78, 5) is 13.3. The Morgan fingerprint density at radius 3 is 2.44 bits per heavy atom. The number of hydrogen-bond acceptors (Lipinski definition) is 3. The molecule has 3 nitrogen and oxygen atoms in total. The minimum absolute atomic E-state index is 0.245. The van der Waals surface area contributed by atoms with E-state index in [0.717, 1.165) is 34.2 Å². The second-order valence-corrected chi connectivity index (χ2v) is 8.31. The number of thiophene rings is 1. The van der Waals surface area contributed by atoms with Crippen molar-refractivity contribution < 1.29 is 4.79 Å². The zero-order chi connectivity index (χ0) is 18.6. The van der Waals surface area contributed by atoms with Gasteiger partial charge in [0.1, 0.15) is 4.88 Å². The monoisotopic (exact) mass is 396 g/mol. The van der Waals surface area contributed by atoms with Gasteiger partial charge in [0.05, 0.1) is 10.7 Å². The summed E-state index contributed by atoms with van der Waals surface area (Å²) in [5.74, 6) is 0.143. The van der Waals surface area contributed by atoms with Gasteiger partial charge in [-0.1, -0.05) is 79.4 Å². The van der Waals surface area contributed by atoms with Crippen molar-refractivity contribution in [2.24, 2.45) is 11.0 Å². The average Bonchev–Trinajstić information content (AvgIpc) is 3.07. The molecule has 1 amide bonds. The normalized spacial score (nSPS) is 15.8.